The van der Waals surface area contributed by atoms with E-state index in [-0.39, 0.29) is 17.7 Å². The van der Waals surface area contributed by atoms with Crippen molar-refractivity contribution < 1.29 is 14.1 Å². The molecule has 3 heterocycles. The molecule has 1 saturated carbocycles. The van der Waals surface area contributed by atoms with Crippen LogP contribution in [0.2, 0.25) is 0 Å². The van der Waals surface area contributed by atoms with Crippen molar-refractivity contribution in [2.45, 2.75) is 44.4 Å². The number of benzene rings is 1. The molecule has 5 rings (SSSR count). The maximum Gasteiger partial charge on any atom is 0.231 e. The second kappa shape index (κ2) is 6.48. The number of nitrogens with zero attached hydrogens (tertiary/aromatic N) is 3. The number of anilines is 1. The van der Waals surface area contributed by atoms with Gasteiger partial charge in [-0.15, -0.1) is 0 Å². The molecule has 2 fully saturated rings. The maximum absolute atomic E-state index is 12.3. The van der Waals surface area contributed by atoms with Gasteiger partial charge in [0.05, 0.1) is 12.8 Å². The van der Waals surface area contributed by atoms with Crippen LogP contribution < -0.4 is 5.32 Å². The lowest BCUT2D eigenvalue weighted by molar-refractivity contribution is -0.128. The lowest BCUT2D eigenvalue weighted by Gasteiger charge is -2.30. The fourth-order valence-corrected chi connectivity index (χ4v) is 4.16. The van der Waals surface area contributed by atoms with E-state index in [2.05, 4.69) is 15.5 Å². The van der Waals surface area contributed by atoms with Crippen LogP contribution in [0.1, 0.15) is 54.4 Å². The van der Waals surface area contributed by atoms with Crippen molar-refractivity contribution in [2.24, 2.45) is 5.92 Å². The second-order valence-electron chi connectivity index (χ2n) is 7.94. The lowest BCUT2D eigenvalue weighted by Crippen LogP contribution is -2.33. The van der Waals surface area contributed by atoms with Gasteiger partial charge < -0.3 is 14.7 Å². The molecule has 140 valence electrons. The van der Waals surface area contributed by atoms with Gasteiger partial charge in [0.1, 0.15) is 0 Å². The third-order valence-electron chi connectivity index (χ3n) is 5.92. The SMILES string of the molecule is O=C1Cc2ccc(Cc3nc(C4CC(=O)N(CC5CCC5)C4)no3)cc2N1. The van der Waals surface area contributed by atoms with Crippen molar-refractivity contribution in [3.05, 3.63) is 41.0 Å². The number of aromatic nitrogens is 2. The molecule has 27 heavy (non-hydrogen) atoms. The third-order valence-corrected chi connectivity index (χ3v) is 5.92. The molecule has 0 bridgehead atoms. The minimum absolute atomic E-state index is 0.0226. The Bertz CT molecular complexity index is 902. The van der Waals surface area contributed by atoms with Crippen molar-refractivity contribution in [2.75, 3.05) is 18.4 Å². The van der Waals surface area contributed by atoms with E-state index in [4.69, 9.17) is 4.52 Å². The van der Waals surface area contributed by atoms with Gasteiger partial charge in [-0.25, -0.2) is 0 Å². The quantitative estimate of drug-likeness (QED) is 0.877. The standard InChI is InChI=1S/C20H22N4O3/c25-17-8-14-5-4-13(6-16(14)21-17)7-18-22-20(23-27-18)15-9-19(26)24(11-15)10-12-2-1-3-12/h4-6,12,15H,1-3,7-11H2,(H,21,25). The van der Waals surface area contributed by atoms with Crippen LogP contribution in [0.4, 0.5) is 5.69 Å². The van der Waals surface area contributed by atoms with E-state index in [0.717, 1.165) is 23.4 Å². The van der Waals surface area contributed by atoms with E-state index in [0.29, 0.717) is 43.4 Å². The summed E-state index contributed by atoms with van der Waals surface area (Å²) in [6, 6.07) is 5.92. The number of likely N-dealkylation sites (tertiary alicyclic amines) is 1. The minimum Gasteiger partial charge on any atom is -0.342 e. The Balaban J connectivity index is 1.24. The van der Waals surface area contributed by atoms with E-state index in [1.165, 1.54) is 19.3 Å². The molecule has 1 saturated heterocycles. The summed E-state index contributed by atoms with van der Waals surface area (Å²) in [5, 5.41) is 6.99. The van der Waals surface area contributed by atoms with E-state index in [1.807, 2.05) is 23.1 Å². The van der Waals surface area contributed by atoms with Crippen molar-refractivity contribution in [1.82, 2.24) is 15.0 Å². The van der Waals surface area contributed by atoms with Gasteiger partial charge in [-0.05, 0) is 36.0 Å². The molecule has 1 aliphatic carbocycles. The van der Waals surface area contributed by atoms with Crippen LogP contribution in [0, 0.1) is 5.92 Å². The van der Waals surface area contributed by atoms with Gasteiger partial charge in [0.15, 0.2) is 5.82 Å². The molecule has 2 aromatic rings. The summed E-state index contributed by atoms with van der Waals surface area (Å²) in [4.78, 5) is 30.3. The Kier molecular flexibility index (Phi) is 3.95. The van der Waals surface area contributed by atoms with E-state index < -0.39 is 0 Å². The lowest BCUT2D eigenvalue weighted by atomic mass is 9.85. The van der Waals surface area contributed by atoms with Gasteiger partial charge in [-0.2, -0.15) is 4.98 Å². The van der Waals surface area contributed by atoms with Gasteiger partial charge in [0.25, 0.3) is 0 Å². The van der Waals surface area contributed by atoms with E-state index in [9.17, 15) is 9.59 Å². The third kappa shape index (κ3) is 3.22. The van der Waals surface area contributed by atoms with Crippen LogP contribution in [0.3, 0.4) is 0 Å². The highest BCUT2D eigenvalue weighted by atomic mass is 16.5. The molecule has 1 atom stereocenters. The fourth-order valence-electron chi connectivity index (χ4n) is 4.16. The van der Waals surface area contributed by atoms with Crippen molar-refractivity contribution in [1.29, 1.82) is 0 Å². The number of fused-ring (bicyclic) bond motifs is 1. The van der Waals surface area contributed by atoms with Crippen molar-refractivity contribution >= 4 is 17.5 Å². The first-order valence-corrected chi connectivity index (χ1v) is 9.66. The number of hydrogen-bond donors (Lipinski definition) is 1. The monoisotopic (exact) mass is 366 g/mol. The molecule has 0 spiro atoms. The molecule has 1 unspecified atom stereocenters. The van der Waals surface area contributed by atoms with Crippen LogP contribution in [-0.4, -0.2) is 39.9 Å². The largest absolute Gasteiger partial charge is 0.342 e. The molecule has 7 nitrogen and oxygen atoms in total. The summed E-state index contributed by atoms with van der Waals surface area (Å²) in [5.74, 6) is 2.10. The van der Waals surface area contributed by atoms with Gasteiger partial charge in [0, 0.05) is 31.1 Å². The van der Waals surface area contributed by atoms with E-state index in [1.54, 1.807) is 0 Å². The number of carbonyl (C=O) groups is 2. The van der Waals surface area contributed by atoms with Gasteiger partial charge in [0.2, 0.25) is 17.7 Å². The Morgan fingerprint density at radius 2 is 2.15 bits per heavy atom. The smallest absolute Gasteiger partial charge is 0.231 e. The molecule has 7 heteroatoms. The van der Waals surface area contributed by atoms with Crippen LogP contribution in [0.5, 0.6) is 0 Å². The summed E-state index contributed by atoms with van der Waals surface area (Å²) in [6.07, 6.45) is 5.19. The first-order valence-electron chi connectivity index (χ1n) is 9.66. The molecule has 1 aromatic heterocycles. The second-order valence-corrected chi connectivity index (χ2v) is 7.94. The zero-order valence-corrected chi connectivity index (χ0v) is 15.1. The molecule has 3 aliphatic rings. The molecule has 2 aliphatic heterocycles. The number of amides is 2. The average Bonchev–Trinajstić information content (AvgIpc) is 3.29. The van der Waals surface area contributed by atoms with E-state index >= 15 is 0 Å². The summed E-state index contributed by atoms with van der Waals surface area (Å²) in [7, 11) is 0. The summed E-state index contributed by atoms with van der Waals surface area (Å²) in [6.45, 7) is 1.57. The van der Waals surface area contributed by atoms with Crippen molar-refractivity contribution in [3.63, 3.8) is 0 Å². The van der Waals surface area contributed by atoms with Crippen LogP contribution in [0.25, 0.3) is 0 Å². The van der Waals surface area contributed by atoms with Gasteiger partial charge in [-0.3, -0.25) is 9.59 Å². The average molecular weight is 366 g/mol. The van der Waals surface area contributed by atoms with Gasteiger partial charge >= 0.3 is 0 Å². The maximum atomic E-state index is 12.3. The Hall–Kier alpha value is -2.70. The van der Waals surface area contributed by atoms with Crippen LogP contribution in [-0.2, 0) is 22.4 Å². The first kappa shape index (κ1) is 16.5. The Morgan fingerprint density at radius 3 is 2.96 bits per heavy atom. The highest BCUT2D eigenvalue weighted by Crippen LogP contribution is 2.32. The highest BCUT2D eigenvalue weighted by molar-refractivity contribution is 5.99. The normalized spacial score (nSPS) is 22.1. The molecule has 1 N–H and O–H groups in total. The zero-order chi connectivity index (χ0) is 18.4. The Morgan fingerprint density at radius 1 is 1.26 bits per heavy atom. The molecule has 2 amide bonds. The summed E-state index contributed by atoms with van der Waals surface area (Å²) < 4.78 is 5.43. The number of hydrogen-bond acceptors (Lipinski definition) is 5. The first-order chi connectivity index (χ1) is 13.1. The topological polar surface area (TPSA) is 88.3 Å². The zero-order valence-electron chi connectivity index (χ0n) is 15.1. The molecule has 0 radical (unpaired) electrons. The van der Waals surface area contributed by atoms with Crippen LogP contribution in [0.15, 0.2) is 22.7 Å². The predicted molar refractivity (Wildman–Crippen MR) is 97.2 cm³/mol. The molecule has 1 aromatic carbocycles. The van der Waals surface area contributed by atoms with Crippen molar-refractivity contribution in [3.8, 4) is 0 Å². The number of rotatable bonds is 5. The fraction of sp³-hybridized carbons (Fsp3) is 0.500. The number of nitrogens with one attached hydrogen (secondary N) is 1. The van der Waals surface area contributed by atoms with Crippen LogP contribution >= 0.6 is 0 Å². The molecular weight excluding hydrogens is 344 g/mol. The Labute approximate surface area is 157 Å². The summed E-state index contributed by atoms with van der Waals surface area (Å²) in [5.41, 5.74) is 2.90. The molecular formula is C20H22N4O3. The number of carbonyl (C=O) groups excluding carboxylic acids is 2. The summed E-state index contributed by atoms with van der Waals surface area (Å²) >= 11 is 0. The highest BCUT2D eigenvalue weighted by Gasteiger charge is 2.35. The van der Waals surface area contributed by atoms with Gasteiger partial charge in [-0.1, -0.05) is 23.7 Å². The predicted octanol–water partition coefficient (Wildman–Crippen LogP) is 2.27. The minimum atomic E-state index is 0.0226.